The minimum atomic E-state index is -1.15. The van der Waals surface area contributed by atoms with E-state index in [1.54, 1.807) is 13.1 Å². The highest BCUT2D eigenvalue weighted by Gasteiger charge is 2.18. The number of benzene rings is 4. The third-order valence-electron chi connectivity index (χ3n) is 5.08. The van der Waals surface area contributed by atoms with E-state index in [4.69, 9.17) is 5.11 Å². The van der Waals surface area contributed by atoms with E-state index in [1.165, 1.54) is 10.8 Å². The van der Waals surface area contributed by atoms with Crippen molar-refractivity contribution < 1.29 is 14.7 Å². The van der Waals surface area contributed by atoms with E-state index in [9.17, 15) is 9.59 Å². The lowest BCUT2D eigenvalue weighted by Gasteiger charge is -2.13. The Morgan fingerprint density at radius 1 is 0.929 bits per heavy atom. The number of rotatable bonds is 3. The summed E-state index contributed by atoms with van der Waals surface area (Å²) < 4.78 is 1.36. The highest BCUT2D eigenvalue weighted by Crippen LogP contribution is 2.36. The standard InChI is InChI=1S/C22H15N3O3/c1-25-11-17(23-20(25)22(27)28)24-21(26)16-10-8-14-6-5-12-3-2-4-13-7-9-15(16)19(14)18(12)13/h2-11H,1H3,(H,24,26)(H,27,28). The number of aromatic nitrogens is 2. The zero-order chi connectivity index (χ0) is 19.4. The molecule has 136 valence electrons. The molecule has 0 spiro atoms. The number of hydrogen-bond donors (Lipinski definition) is 2. The number of anilines is 1. The first kappa shape index (κ1) is 16.3. The normalized spacial score (nSPS) is 11.5. The number of amides is 1. The van der Waals surface area contributed by atoms with Crippen LogP contribution in [0.3, 0.4) is 0 Å². The summed E-state index contributed by atoms with van der Waals surface area (Å²) in [6.45, 7) is 0. The molecule has 0 unspecified atom stereocenters. The van der Waals surface area contributed by atoms with Crippen LogP contribution in [-0.4, -0.2) is 26.5 Å². The molecule has 0 radical (unpaired) electrons. The van der Waals surface area contributed by atoms with Crippen molar-refractivity contribution in [2.24, 2.45) is 7.05 Å². The molecule has 5 rings (SSSR count). The number of carbonyl (C=O) groups excluding carboxylic acids is 1. The lowest BCUT2D eigenvalue weighted by molar-refractivity contribution is 0.0679. The minimum absolute atomic E-state index is 0.134. The molecule has 0 fully saturated rings. The van der Waals surface area contributed by atoms with Crippen molar-refractivity contribution in [2.45, 2.75) is 0 Å². The van der Waals surface area contributed by atoms with Gasteiger partial charge in [-0.15, -0.1) is 0 Å². The highest BCUT2D eigenvalue weighted by atomic mass is 16.4. The van der Waals surface area contributed by atoms with Gasteiger partial charge in [-0.25, -0.2) is 9.78 Å². The number of carboxylic acid groups (broad SMARTS) is 1. The van der Waals surface area contributed by atoms with Crippen LogP contribution in [0.1, 0.15) is 21.0 Å². The largest absolute Gasteiger partial charge is 0.475 e. The van der Waals surface area contributed by atoms with Crippen molar-refractivity contribution in [3.63, 3.8) is 0 Å². The van der Waals surface area contributed by atoms with Crippen LogP contribution in [0.5, 0.6) is 0 Å². The van der Waals surface area contributed by atoms with Gasteiger partial charge in [0.2, 0.25) is 5.82 Å². The number of aryl methyl sites for hydroxylation is 1. The average molecular weight is 369 g/mol. The van der Waals surface area contributed by atoms with E-state index in [1.807, 2.05) is 24.3 Å². The lowest BCUT2D eigenvalue weighted by Crippen LogP contribution is -2.13. The van der Waals surface area contributed by atoms with Crippen molar-refractivity contribution in [1.29, 1.82) is 0 Å². The third-order valence-corrected chi connectivity index (χ3v) is 5.08. The Morgan fingerprint density at radius 3 is 2.25 bits per heavy atom. The molecule has 0 aliphatic rings. The third kappa shape index (κ3) is 2.31. The quantitative estimate of drug-likeness (QED) is 0.465. The summed E-state index contributed by atoms with van der Waals surface area (Å²) in [5, 5.41) is 18.2. The summed E-state index contributed by atoms with van der Waals surface area (Å²) >= 11 is 0. The molecular weight excluding hydrogens is 354 g/mol. The summed E-state index contributed by atoms with van der Waals surface area (Å²) in [6, 6.07) is 18.0. The van der Waals surface area contributed by atoms with Gasteiger partial charge in [-0.1, -0.05) is 48.5 Å². The number of imidazole rings is 1. The highest BCUT2D eigenvalue weighted by molar-refractivity contribution is 6.27. The number of aromatic carboxylic acids is 1. The summed E-state index contributed by atoms with van der Waals surface area (Å²) in [6.07, 6.45) is 1.48. The molecule has 1 heterocycles. The molecule has 1 amide bonds. The van der Waals surface area contributed by atoms with E-state index in [2.05, 4.69) is 34.6 Å². The van der Waals surface area contributed by atoms with Crippen LogP contribution in [0.15, 0.2) is 60.8 Å². The number of carbonyl (C=O) groups is 2. The predicted molar refractivity (Wildman–Crippen MR) is 108 cm³/mol. The molecule has 0 atom stereocenters. The topological polar surface area (TPSA) is 84.2 Å². The maximum absolute atomic E-state index is 12.9. The zero-order valence-corrected chi connectivity index (χ0v) is 14.9. The minimum Gasteiger partial charge on any atom is -0.475 e. The molecule has 2 N–H and O–H groups in total. The van der Waals surface area contributed by atoms with Gasteiger partial charge < -0.3 is 15.0 Å². The maximum atomic E-state index is 12.9. The van der Waals surface area contributed by atoms with Crippen LogP contribution < -0.4 is 5.32 Å². The summed E-state index contributed by atoms with van der Waals surface area (Å²) in [7, 11) is 1.57. The molecule has 0 aliphatic heterocycles. The van der Waals surface area contributed by atoms with Crippen LogP contribution >= 0.6 is 0 Å². The average Bonchev–Trinajstić information content (AvgIpc) is 3.06. The number of nitrogens with zero attached hydrogens (tertiary/aromatic N) is 2. The number of nitrogens with one attached hydrogen (secondary N) is 1. The Morgan fingerprint density at radius 2 is 1.57 bits per heavy atom. The van der Waals surface area contributed by atoms with Gasteiger partial charge in [-0.3, -0.25) is 4.79 Å². The Balaban J connectivity index is 1.65. The van der Waals surface area contributed by atoms with Gasteiger partial charge in [0.05, 0.1) is 0 Å². The Hall–Kier alpha value is -3.93. The van der Waals surface area contributed by atoms with Crippen LogP contribution in [0.4, 0.5) is 5.82 Å². The van der Waals surface area contributed by atoms with Gasteiger partial charge in [0.15, 0.2) is 5.82 Å². The Bertz CT molecular complexity index is 1390. The number of carboxylic acids is 1. The Labute approximate surface area is 159 Å². The Kier molecular flexibility index (Phi) is 3.36. The second-order valence-corrected chi connectivity index (χ2v) is 6.79. The molecule has 0 saturated heterocycles. The van der Waals surface area contributed by atoms with Crippen LogP contribution in [0.25, 0.3) is 32.3 Å². The summed E-state index contributed by atoms with van der Waals surface area (Å²) in [4.78, 5) is 28.1. The number of hydrogen-bond acceptors (Lipinski definition) is 3. The van der Waals surface area contributed by atoms with Crippen molar-refractivity contribution in [1.82, 2.24) is 9.55 Å². The zero-order valence-electron chi connectivity index (χ0n) is 14.9. The molecular formula is C22H15N3O3. The van der Waals surface area contributed by atoms with Gasteiger partial charge in [-0.2, -0.15) is 0 Å². The molecule has 0 saturated carbocycles. The van der Waals surface area contributed by atoms with Crippen molar-refractivity contribution in [3.8, 4) is 0 Å². The van der Waals surface area contributed by atoms with Crippen molar-refractivity contribution in [2.75, 3.05) is 5.32 Å². The summed E-state index contributed by atoms with van der Waals surface area (Å²) in [5.41, 5.74) is 0.522. The molecule has 4 aromatic carbocycles. The molecule has 0 aliphatic carbocycles. The second kappa shape index (κ2) is 5.79. The fourth-order valence-electron chi connectivity index (χ4n) is 3.84. The van der Waals surface area contributed by atoms with Gasteiger partial charge >= 0.3 is 5.97 Å². The van der Waals surface area contributed by atoms with Gasteiger partial charge in [0.1, 0.15) is 0 Å². The molecule has 6 nitrogen and oxygen atoms in total. The second-order valence-electron chi connectivity index (χ2n) is 6.79. The maximum Gasteiger partial charge on any atom is 0.372 e. The SMILES string of the molecule is Cn1cc(NC(=O)c2ccc3ccc4cccc5ccc2c3c45)nc1C(=O)O. The smallest absolute Gasteiger partial charge is 0.372 e. The fourth-order valence-corrected chi connectivity index (χ4v) is 3.84. The van der Waals surface area contributed by atoms with Gasteiger partial charge in [0.25, 0.3) is 5.91 Å². The summed E-state index contributed by atoms with van der Waals surface area (Å²) in [5.74, 6) is -1.40. The van der Waals surface area contributed by atoms with E-state index in [-0.39, 0.29) is 17.5 Å². The fraction of sp³-hybridized carbons (Fsp3) is 0.0455. The molecule has 5 aromatic rings. The molecule has 28 heavy (non-hydrogen) atoms. The van der Waals surface area contributed by atoms with E-state index >= 15 is 0 Å². The van der Waals surface area contributed by atoms with E-state index in [0.29, 0.717) is 5.56 Å². The van der Waals surface area contributed by atoms with Crippen molar-refractivity contribution in [3.05, 3.63) is 72.2 Å². The van der Waals surface area contributed by atoms with Crippen LogP contribution in [-0.2, 0) is 7.05 Å². The van der Waals surface area contributed by atoms with Crippen LogP contribution in [0, 0.1) is 0 Å². The van der Waals surface area contributed by atoms with Gasteiger partial charge in [0, 0.05) is 18.8 Å². The van der Waals surface area contributed by atoms with Crippen LogP contribution in [0.2, 0.25) is 0 Å². The van der Waals surface area contributed by atoms with Gasteiger partial charge in [-0.05, 0) is 38.4 Å². The van der Waals surface area contributed by atoms with Crippen molar-refractivity contribution >= 4 is 50.0 Å². The molecule has 0 bridgehead atoms. The van der Waals surface area contributed by atoms with E-state index < -0.39 is 5.97 Å². The predicted octanol–water partition coefficient (Wildman–Crippen LogP) is 4.27. The first-order chi connectivity index (χ1) is 13.5. The lowest BCUT2D eigenvalue weighted by atomic mass is 9.92. The first-order valence-corrected chi connectivity index (χ1v) is 8.77. The van der Waals surface area contributed by atoms with E-state index in [0.717, 1.165) is 32.3 Å². The first-order valence-electron chi connectivity index (χ1n) is 8.77. The molecule has 6 heteroatoms. The molecule has 1 aromatic heterocycles. The monoisotopic (exact) mass is 369 g/mol.